The van der Waals surface area contributed by atoms with Crippen LogP contribution in [0, 0.1) is 0 Å². The summed E-state index contributed by atoms with van der Waals surface area (Å²) >= 11 is 0. The second-order valence-corrected chi connectivity index (χ2v) is 10.4. The standard InChI is InChI=1S/C28H36N6O5/c1-28(2,3)39-26(36)32-24(15-14-20-10-6-4-7-11-20)25(35)31-22-16-23(17-30-33-29)34(18-22)27(37)38-19-21-12-8-5-9-13-21/h4-13,22-24H,14-19H2,1-3H3,(H,31,35)(H,32,36)/t22-,23-,24-/m0/s1. The fraction of sp³-hybridized carbons (Fsp3) is 0.464. The van der Waals surface area contributed by atoms with E-state index in [0.29, 0.717) is 19.3 Å². The summed E-state index contributed by atoms with van der Waals surface area (Å²) in [6.45, 7) is 5.58. The average molecular weight is 537 g/mol. The van der Waals surface area contributed by atoms with E-state index < -0.39 is 35.9 Å². The Morgan fingerprint density at radius 1 is 1.08 bits per heavy atom. The van der Waals surface area contributed by atoms with E-state index in [2.05, 4.69) is 20.7 Å². The maximum atomic E-state index is 13.3. The van der Waals surface area contributed by atoms with E-state index in [9.17, 15) is 14.4 Å². The highest BCUT2D eigenvalue weighted by Crippen LogP contribution is 2.21. The lowest BCUT2D eigenvalue weighted by Crippen LogP contribution is -2.51. The normalized spacial score (nSPS) is 17.5. The quantitative estimate of drug-likeness (QED) is 0.256. The number of azide groups is 1. The second kappa shape index (κ2) is 14.1. The summed E-state index contributed by atoms with van der Waals surface area (Å²) in [6, 6.07) is 17.2. The predicted molar refractivity (Wildman–Crippen MR) is 146 cm³/mol. The molecule has 0 aliphatic carbocycles. The molecule has 0 saturated carbocycles. The van der Waals surface area contributed by atoms with Gasteiger partial charge in [-0.25, -0.2) is 9.59 Å². The molecular formula is C28H36N6O5. The number of hydrogen-bond donors (Lipinski definition) is 2. The summed E-state index contributed by atoms with van der Waals surface area (Å²) in [7, 11) is 0. The maximum absolute atomic E-state index is 13.3. The van der Waals surface area contributed by atoms with Gasteiger partial charge < -0.3 is 25.0 Å². The van der Waals surface area contributed by atoms with E-state index in [1.165, 1.54) is 4.90 Å². The molecule has 11 heteroatoms. The number of alkyl carbamates (subject to hydrolysis) is 1. The van der Waals surface area contributed by atoms with Gasteiger partial charge in [-0.2, -0.15) is 0 Å². The van der Waals surface area contributed by atoms with Crippen molar-refractivity contribution < 1.29 is 23.9 Å². The first-order valence-corrected chi connectivity index (χ1v) is 13.0. The molecule has 0 aromatic heterocycles. The van der Waals surface area contributed by atoms with Crippen molar-refractivity contribution in [3.8, 4) is 0 Å². The van der Waals surface area contributed by atoms with Gasteiger partial charge >= 0.3 is 12.2 Å². The third kappa shape index (κ3) is 9.86. The Hall–Kier alpha value is -4.24. The topological polar surface area (TPSA) is 146 Å². The first-order valence-electron chi connectivity index (χ1n) is 13.0. The van der Waals surface area contributed by atoms with Crippen LogP contribution in [0.25, 0.3) is 10.4 Å². The molecule has 2 N–H and O–H groups in total. The minimum atomic E-state index is -0.852. The number of rotatable bonds is 10. The molecule has 0 radical (unpaired) electrons. The highest BCUT2D eigenvalue weighted by molar-refractivity contribution is 5.86. The van der Waals surface area contributed by atoms with Gasteiger partial charge in [-0.3, -0.25) is 4.79 Å². The molecule has 39 heavy (non-hydrogen) atoms. The molecule has 1 aliphatic heterocycles. The van der Waals surface area contributed by atoms with Gasteiger partial charge in [0.25, 0.3) is 0 Å². The average Bonchev–Trinajstić information content (AvgIpc) is 3.31. The molecule has 1 fully saturated rings. The summed E-state index contributed by atoms with van der Waals surface area (Å²) < 4.78 is 10.8. The zero-order chi connectivity index (χ0) is 28.3. The van der Waals surface area contributed by atoms with Crippen molar-refractivity contribution in [2.45, 2.75) is 70.4 Å². The van der Waals surface area contributed by atoms with Crippen LogP contribution in [0.1, 0.15) is 44.7 Å². The van der Waals surface area contributed by atoms with E-state index in [0.717, 1.165) is 11.1 Å². The van der Waals surface area contributed by atoms with Crippen molar-refractivity contribution >= 4 is 18.1 Å². The number of nitrogens with zero attached hydrogens (tertiary/aromatic N) is 4. The van der Waals surface area contributed by atoms with Gasteiger partial charge in [0.05, 0.1) is 0 Å². The first kappa shape index (κ1) is 29.3. The highest BCUT2D eigenvalue weighted by Gasteiger charge is 2.37. The number of benzene rings is 2. The van der Waals surface area contributed by atoms with Crippen LogP contribution in [-0.4, -0.2) is 59.8 Å². The Morgan fingerprint density at radius 3 is 2.33 bits per heavy atom. The van der Waals surface area contributed by atoms with E-state index in [1.807, 2.05) is 60.7 Å². The van der Waals surface area contributed by atoms with Crippen LogP contribution >= 0.6 is 0 Å². The Kier molecular flexibility index (Phi) is 10.6. The molecule has 3 amide bonds. The van der Waals surface area contributed by atoms with Crippen LogP contribution in [0.3, 0.4) is 0 Å². The molecule has 0 unspecified atom stereocenters. The van der Waals surface area contributed by atoms with E-state index in [-0.39, 0.29) is 25.6 Å². The first-order chi connectivity index (χ1) is 18.6. The van der Waals surface area contributed by atoms with Crippen LogP contribution in [0.5, 0.6) is 0 Å². The third-order valence-corrected chi connectivity index (χ3v) is 6.13. The number of nitrogens with one attached hydrogen (secondary N) is 2. The Labute approximate surface area is 228 Å². The third-order valence-electron chi connectivity index (χ3n) is 6.13. The minimum Gasteiger partial charge on any atom is -0.445 e. The van der Waals surface area contributed by atoms with E-state index in [1.54, 1.807) is 20.8 Å². The lowest BCUT2D eigenvalue weighted by Gasteiger charge is -2.24. The number of likely N-dealkylation sites (tertiary alicyclic amines) is 1. The van der Waals surface area contributed by atoms with Crippen LogP contribution in [0.2, 0.25) is 0 Å². The van der Waals surface area contributed by atoms with Crippen molar-refractivity contribution in [3.05, 3.63) is 82.2 Å². The molecule has 1 heterocycles. The van der Waals surface area contributed by atoms with Gasteiger partial charge in [0.1, 0.15) is 18.2 Å². The second-order valence-electron chi connectivity index (χ2n) is 10.4. The van der Waals surface area contributed by atoms with Crippen molar-refractivity contribution in [2.24, 2.45) is 5.11 Å². The number of carbonyl (C=O) groups is 3. The maximum Gasteiger partial charge on any atom is 0.410 e. The van der Waals surface area contributed by atoms with Crippen LogP contribution < -0.4 is 10.6 Å². The molecule has 3 atom stereocenters. The fourth-order valence-corrected chi connectivity index (χ4v) is 4.33. The van der Waals surface area contributed by atoms with Gasteiger partial charge in [0.2, 0.25) is 5.91 Å². The van der Waals surface area contributed by atoms with Gasteiger partial charge in [-0.05, 0) is 56.7 Å². The fourth-order valence-electron chi connectivity index (χ4n) is 4.33. The number of hydrogen-bond acceptors (Lipinski definition) is 6. The molecular weight excluding hydrogens is 500 g/mol. The number of aryl methyl sites for hydroxylation is 1. The monoisotopic (exact) mass is 536 g/mol. The summed E-state index contributed by atoms with van der Waals surface area (Å²) in [4.78, 5) is 43.0. The van der Waals surface area contributed by atoms with Crippen molar-refractivity contribution in [3.63, 3.8) is 0 Å². The molecule has 2 aromatic carbocycles. The van der Waals surface area contributed by atoms with Gasteiger partial charge in [0, 0.05) is 30.1 Å². The lowest BCUT2D eigenvalue weighted by atomic mass is 10.0. The van der Waals surface area contributed by atoms with Crippen LogP contribution in [0.4, 0.5) is 9.59 Å². The zero-order valence-corrected chi connectivity index (χ0v) is 22.6. The molecule has 208 valence electrons. The van der Waals surface area contributed by atoms with Crippen molar-refractivity contribution in [1.29, 1.82) is 0 Å². The number of amides is 3. The SMILES string of the molecule is CC(C)(C)OC(=O)N[C@@H](CCc1ccccc1)C(=O)N[C@H]1C[C@@H](CN=[N+]=[N-])N(C(=O)OCc2ccccc2)C1. The van der Waals surface area contributed by atoms with Crippen molar-refractivity contribution in [1.82, 2.24) is 15.5 Å². The molecule has 0 spiro atoms. The number of ether oxygens (including phenoxy) is 2. The zero-order valence-electron chi connectivity index (χ0n) is 22.6. The van der Waals surface area contributed by atoms with E-state index >= 15 is 0 Å². The van der Waals surface area contributed by atoms with E-state index in [4.69, 9.17) is 15.0 Å². The largest absolute Gasteiger partial charge is 0.445 e. The van der Waals surface area contributed by atoms with Crippen LogP contribution in [-0.2, 0) is 27.3 Å². The molecule has 3 rings (SSSR count). The summed E-state index contributed by atoms with van der Waals surface area (Å²) in [5.41, 5.74) is 9.96. The Balaban J connectivity index is 1.65. The van der Waals surface area contributed by atoms with Crippen molar-refractivity contribution in [2.75, 3.05) is 13.1 Å². The highest BCUT2D eigenvalue weighted by atomic mass is 16.6. The summed E-state index contributed by atoms with van der Waals surface area (Å²) in [5, 5.41) is 9.28. The molecule has 2 aromatic rings. The molecule has 1 aliphatic rings. The molecule has 1 saturated heterocycles. The van der Waals surface area contributed by atoms with Crippen LogP contribution in [0.15, 0.2) is 65.8 Å². The van der Waals surface area contributed by atoms with Gasteiger partial charge in [0.15, 0.2) is 0 Å². The minimum absolute atomic E-state index is 0.0525. The van der Waals surface area contributed by atoms with Gasteiger partial charge in [-0.15, -0.1) is 0 Å². The summed E-state index contributed by atoms with van der Waals surface area (Å²) in [6.07, 6.45) is 0.0582. The smallest absolute Gasteiger partial charge is 0.410 e. The van der Waals surface area contributed by atoms with Gasteiger partial charge in [-0.1, -0.05) is 65.8 Å². The number of carbonyl (C=O) groups excluding carboxylic acids is 3. The summed E-state index contributed by atoms with van der Waals surface area (Å²) in [5.74, 6) is -0.385. The lowest BCUT2D eigenvalue weighted by molar-refractivity contribution is -0.124. The molecule has 11 nitrogen and oxygen atoms in total. The Bertz CT molecular complexity index is 1150. The predicted octanol–water partition coefficient (Wildman–Crippen LogP) is 4.72. The molecule has 0 bridgehead atoms. The Morgan fingerprint density at radius 2 is 1.72 bits per heavy atom.